The predicted molar refractivity (Wildman–Crippen MR) is 113 cm³/mol. The van der Waals surface area contributed by atoms with Crippen LogP contribution in [-0.2, 0) is 10.0 Å². The van der Waals surface area contributed by atoms with Gasteiger partial charge in [-0.25, -0.2) is 8.42 Å². The number of likely N-dealkylation sites (tertiary alicyclic amines) is 1. The molecule has 1 amide bonds. The van der Waals surface area contributed by atoms with Crippen LogP contribution in [0.5, 0.6) is 0 Å². The summed E-state index contributed by atoms with van der Waals surface area (Å²) in [4.78, 5) is 14.6. The zero-order valence-corrected chi connectivity index (χ0v) is 17.5. The third-order valence-corrected chi connectivity index (χ3v) is 6.81. The molecule has 3 rings (SSSR count). The van der Waals surface area contributed by atoms with Crippen LogP contribution in [0.1, 0.15) is 23.7 Å². The van der Waals surface area contributed by atoms with Crippen LogP contribution < -0.4 is 10.0 Å². The number of sulfonamides is 1. The number of hydrogen-bond donors (Lipinski definition) is 1. The van der Waals surface area contributed by atoms with Gasteiger partial charge >= 0.3 is 0 Å². The fourth-order valence-electron chi connectivity index (χ4n) is 3.39. The number of amides is 1. The van der Waals surface area contributed by atoms with Gasteiger partial charge in [0.25, 0.3) is 15.9 Å². The molecule has 152 valence electrons. The van der Waals surface area contributed by atoms with Crippen molar-refractivity contribution < 1.29 is 13.2 Å². The zero-order valence-electron chi connectivity index (χ0n) is 15.8. The lowest BCUT2D eigenvalue weighted by Crippen LogP contribution is -2.32. The lowest BCUT2D eigenvalue weighted by atomic mass is 10.1. The molecule has 2 aromatic rings. The number of carbonyl (C=O) groups is 1. The number of para-hydroxylation sites is 1. The number of nitrogens with two attached hydrogens (primary N) is 1. The molecule has 1 aliphatic heterocycles. The quantitative estimate of drug-likeness (QED) is 0.774. The lowest BCUT2D eigenvalue weighted by Gasteiger charge is -2.23. The molecule has 1 unspecified atom stereocenters. The molecule has 0 aromatic heterocycles. The number of hydrogen-bond acceptors (Lipinski definition) is 4. The number of benzene rings is 2. The van der Waals surface area contributed by atoms with Gasteiger partial charge in [-0.3, -0.25) is 9.10 Å². The molecular weight excluding hydrogens is 398 g/mol. The summed E-state index contributed by atoms with van der Waals surface area (Å²) in [5.41, 5.74) is 6.68. The monoisotopic (exact) mass is 423 g/mol. The van der Waals surface area contributed by atoms with Gasteiger partial charge in [0, 0.05) is 25.2 Å². The van der Waals surface area contributed by atoms with Crippen LogP contribution >= 0.6 is 12.4 Å². The largest absolute Gasteiger partial charge is 0.338 e. The maximum Gasteiger partial charge on any atom is 0.264 e. The Morgan fingerprint density at radius 1 is 1.18 bits per heavy atom. The van der Waals surface area contributed by atoms with Gasteiger partial charge in [-0.05, 0) is 56.1 Å². The van der Waals surface area contributed by atoms with E-state index >= 15 is 0 Å². The second kappa shape index (κ2) is 9.41. The molecule has 2 N–H and O–H groups in total. The van der Waals surface area contributed by atoms with Gasteiger partial charge in [-0.15, -0.1) is 12.4 Å². The third-order valence-electron chi connectivity index (χ3n) is 4.91. The molecule has 0 saturated carbocycles. The van der Waals surface area contributed by atoms with Crippen molar-refractivity contribution in [2.45, 2.75) is 18.2 Å². The molecule has 1 atom stereocenters. The van der Waals surface area contributed by atoms with Gasteiger partial charge in [-0.1, -0.05) is 24.3 Å². The summed E-state index contributed by atoms with van der Waals surface area (Å²) >= 11 is 0. The van der Waals surface area contributed by atoms with Gasteiger partial charge in [0.15, 0.2) is 0 Å². The van der Waals surface area contributed by atoms with Crippen LogP contribution in [0.2, 0.25) is 0 Å². The minimum Gasteiger partial charge on any atom is -0.338 e. The van der Waals surface area contributed by atoms with Gasteiger partial charge in [0.05, 0.1) is 10.6 Å². The van der Waals surface area contributed by atoms with Crippen LogP contribution in [0.4, 0.5) is 5.69 Å². The lowest BCUT2D eigenvalue weighted by molar-refractivity contribution is 0.0787. The van der Waals surface area contributed by atoms with E-state index in [9.17, 15) is 13.2 Å². The number of anilines is 1. The molecule has 0 aliphatic carbocycles. The molecule has 28 heavy (non-hydrogen) atoms. The molecular formula is C20H26ClN3O3S. The Bertz CT molecular complexity index is 906. The van der Waals surface area contributed by atoms with E-state index in [1.807, 2.05) is 6.07 Å². The first-order chi connectivity index (χ1) is 13.0. The van der Waals surface area contributed by atoms with Crippen LogP contribution in [-0.4, -0.2) is 45.4 Å². The van der Waals surface area contributed by atoms with Gasteiger partial charge in [0.1, 0.15) is 0 Å². The van der Waals surface area contributed by atoms with Crippen molar-refractivity contribution in [2.75, 3.05) is 30.5 Å². The van der Waals surface area contributed by atoms with Crippen molar-refractivity contribution >= 4 is 34.0 Å². The maximum atomic E-state index is 13.1. The average Bonchev–Trinajstić information content (AvgIpc) is 3.18. The Balaban J connectivity index is 0.00000280. The fraction of sp³-hybridized carbons (Fsp3) is 0.350. The van der Waals surface area contributed by atoms with Crippen molar-refractivity contribution in [1.29, 1.82) is 0 Å². The standard InChI is InChI=1S/C20H25N3O3S.ClH/c1-2-23(18-8-4-3-5-9-18)27(25,26)19-10-6-7-17(13-19)20(24)22-12-11-16(14-21)15-22;/h3-10,13,16H,2,11-12,14-15,21H2,1H3;1H. The van der Waals surface area contributed by atoms with E-state index in [-0.39, 0.29) is 23.2 Å². The van der Waals surface area contributed by atoms with E-state index in [4.69, 9.17) is 5.73 Å². The Hall–Kier alpha value is -2.09. The topological polar surface area (TPSA) is 83.7 Å². The summed E-state index contributed by atoms with van der Waals surface area (Å²) in [5.74, 6) is 0.167. The minimum absolute atomic E-state index is 0. The second-order valence-corrected chi connectivity index (χ2v) is 8.54. The van der Waals surface area contributed by atoms with Gasteiger partial charge < -0.3 is 10.6 Å². The average molecular weight is 424 g/mol. The molecule has 1 saturated heterocycles. The molecule has 1 aliphatic rings. The van der Waals surface area contributed by atoms with E-state index in [2.05, 4.69) is 0 Å². The minimum atomic E-state index is -3.76. The van der Waals surface area contributed by atoms with Gasteiger partial charge in [-0.2, -0.15) is 0 Å². The van der Waals surface area contributed by atoms with Crippen LogP contribution in [0.15, 0.2) is 59.5 Å². The van der Waals surface area contributed by atoms with Crippen LogP contribution in [0, 0.1) is 5.92 Å². The van der Waals surface area contributed by atoms with Crippen LogP contribution in [0.25, 0.3) is 0 Å². The van der Waals surface area contributed by atoms with E-state index in [1.54, 1.807) is 48.2 Å². The van der Waals surface area contributed by atoms with Crippen molar-refractivity contribution in [3.05, 3.63) is 60.2 Å². The SMILES string of the molecule is CCN(c1ccccc1)S(=O)(=O)c1cccc(C(=O)N2CCC(CN)C2)c1.Cl. The summed E-state index contributed by atoms with van der Waals surface area (Å²) in [6.45, 7) is 3.92. The van der Waals surface area contributed by atoms with Crippen LogP contribution in [0.3, 0.4) is 0 Å². The highest BCUT2D eigenvalue weighted by atomic mass is 35.5. The third kappa shape index (κ3) is 4.48. The molecule has 1 fully saturated rings. The Morgan fingerprint density at radius 3 is 2.50 bits per heavy atom. The first kappa shape index (κ1) is 22.2. The molecule has 2 aromatic carbocycles. The molecule has 0 bridgehead atoms. The molecule has 8 heteroatoms. The predicted octanol–water partition coefficient (Wildman–Crippen LogP) is 2.74. The Kier molecular flexibility index (Phi) is 7.46. The summed E-state index contributed by atoms with van der Waals surface area (Å²) in [7, 11) is -3.76. The summed E-state index contributed by atoms with van der Waals surface area (Å²) in [5, 5.41) is 0. The Labute approximate surface area is 172 Å². The summed E-state index contributed by atoms with van der Waals surface area (Å²) in [6, 6.07) is 15.2. The maximum absolute atomic E-state index is 13.1. The van der Waals surface area contributed by atoms with E-state index in [1.165, 1.54) is 16.4 Å². The second-order valence-electron chi connectivity index (χ2n) is 6.67. The van der Waals surface area contributed by atoms with Crippen molar-refractivity contribution in [1.82, 2.24) is 4.90 Å². The smallest absolute Gasteiger partial charge is 0.264 e. The highest BCUT2D eigenvalue weighted by molar-refractivity contribution is 7.92. The highest BCUT2D eigenvalue weighted by Crippen LogP contribution is 2.25. The van der Waals surface area contributed by atoms with E-state index in [0.29, 0.717) is 43.3 Å². The number of nitrogens with zero attached hydrogens (tertiary/aromatic N) is 2. The normalized spacial score (nSPS) is 16.5. The van der Waals surface area contributed by atoms with Crippen molar-refractivity contribution in [2.24, 2.45) is 11.7 Å². The number of rotatable bonds is 6. The summed E-state index contributed by atoms with van der Waals surface area (Å²) < 4.78 is 27.6. The number of halogens is 1. The summed E-state index contributed by atoms with van der Waals surface area (Å²) in [6.07, 6.45) is 0.887. The fourth-order valence-corrected chi connectivity index (χ4v) is 4.91. The first-order valence-corrected chi connectivity index (χ1v) is 10.6. The molecule has 1 heterocycles. The van der Waals surface area contributed by atoms with Gasteiger partial charge in [0.2, 0.25) is 0 Å². The number of carbonyl (C=O) groups excluding carboxylic acids is 1. The first-order valence-electron chi connectivity index (χ1n) is 9.14. The van der Waals surface area contributed by atoms with Crippen molar-refractivity contribution in [3.63, 3.8) is 0 Å². The van der Waals surface area contributed by atoms with E-state index in [0.717, 1.165) is 6.42 Å². The Morgan fingerprint density at radius 2 is 1.89 bits per heavy atom. The molecule has 0 spiro atoms. The van der Waals surface area contributed by atoms with E-state index < -0.39 is 10.0 Å². The molecule has 0 radical (unpaired) electrons. The highest BCUT2D eigenvalue weighted by Gasteiger charge is 2.28. The zero-order chi connectivity index (χ0) is 19.4. The molecule has 6 nitrogen and oxygen atoms in total. The van der Waals surface area contributed by atoms with Crippen molar-refractivity contribution in [3.8, 4) is 0 Å².